The van der Waals surface area contributed by atoms with E-state index in [1.807, 2.05) is 63.9 Å². The first-order chi connectivity index (χ1) is 12.1. The Balaban J connectivity index is 0.00000134. The third-order valence-corrected chi connectivity index (χ3v) is 3.08. The number of carbonyl (C=O) groups is 1. The predicted molar refractivity (Wildman–Crippen MR) is 103 cm³/mol. The van der Waals surface area contributed by atoms with Gasteiger partial charge in [-0.1, -0.05) is 39.8 Å². The van der Waals surface area contributed by atoms with E-state index in [2.05, 4.69) is 9.97 Å². The smallest absolute Gasteiger partial charge is 0.337 e. The number of hydrogen-bond donors (Lipinski definition) is 1. The van der Waals surface area contributed by atoms with Crippen LogP contribution in [-0.2, 0) is 17.8 Å². The number of aromatic nitrogens is 2. The quantitative estimate of drug-likeness (QED) is 0.836. The van der Waals surface area contributed by atoms with Gasteiger partial charge in [-0.2, -0.15) is 0 Å². The van der Waals surface area contributed by atoms with Crippen molar-refractivity contribution in [2.75, 3.05) is 19.1 Å². The first-order valence-electron chi connectivity index (χ1n) is 8.53. The normalized spacial score (nSPS) is 9.08. The molecule has 0 radical (unpaired) electrons. The average molecular weight is 346 g/mol. The van der Waals surface area contributed by atoms with E-state index in [-0.39, 0.29) is 5.97 Å². The molecule has 6 nitrogen and oxygen atoms in total. The van der Waals surface area contributed by atoms with Crippen LogP contribution in [0.5, 0.6) is 0 Å². The highest BCUT2D eigenvalue weighted by Gasteiger charge is 2.08. The van der Waals surface area contributed by atoms with Crippen molar-refractivity contribution < 1.29 is 9.53 Å². The van der Waals surface area contributed by atoms with Crippen LogP contribution in [0.3, 0.4) is 0 Å². The number of ether oxygens (including phenoxy) is 1. The van der Waals surface area contributed by atoms with Gasteiger partial charge < -0.3 is 15.4 Å². The highest BCUT2D eigenvalue weighted by atomic mass is 16.5. The average Bonchev–Trinajstić information content (AvgIpc) is 2.70. The van der Waals surface area contributed by atoms with Crippen LogP contribution in [0.1, 0.15) is 49.3 Å². The summed E-state index contributed by atoms with van der Waals surface area (Å²) >= 11 is 0. The molecule has 1 heterocycles. The number of carbonyl (C=O) groups excluding carboxylic acids is 1. The van der Waals surface area contributed by atoms with Crippen LogP contribution in [0.15, 0.2) is 36.7 Å². The number of benzene rings is 1. The van der Waals surface area contributed by atoms with Gasteiger partial charge in [0.25, 0.3) is 0 Å². The predicted octanol–water partition coefficient (Wildman–Crippen LogP) is 3.41. The zero-order chi connectivity index (χ0) is 19.2. The maximum absolute atomic E-state index is 11.5. The standard InChI is InChI=1S/C15H18N4O2.2C2H6/c1-19(14-7-13(8-16)17-10-18-14)9-11-4-3-5-12(6-11)15(20)21-2;2*1-2/h3-7,10H,8-9,16H2,1-2H3;2*1-2H3. The third-order valence-electron chi connectivity index (χ3n) is 3.08. The van der Waals surface area contributed by atoms with E-state index in [1.165, 1.54) is 13.4 Å². The van der Waals surface area contributed by atoms with Crippen molar-refractivity contribution in [2.24, 2.45) is 5.73 Å². The molecule has 6 heteroatoms. The van der Waals surface area contributed by atoms with Crippen molar-refractivity contribution in [3.63, 3.8) is 0 Å². The van der Waals surface area contributed by atoms with Crippen LogP contribution < -0.4 is 10.6 Å². The lowest BCUT2D eigenvalue weighted by atomic mass is 10.1. The fourth-order valence-corrected chi connectivity index (χ4v) is 1.98. The Bertz CT molecular complexity index is 632. The van der Waals surface area contributed by atoms with Gasteiger partial charge in [0.05, 0.1) is 18.4 Å². The van der Waals surface area contributed by atoms with Crippen molar-refractivity contribution in [1.29, 1.82) is 0 Å². The molecule has 0 atom stereocenters. The van der Waals surface area contributed by atoms with Gasteiger partial charge >= 0.3 is 5.97 Å². The molecule has 25 heavy (non-hydrogen) atoms. The van der Waals surface area contributed by atoms with E-state index in [9.17, 15) is 4.79 Å². The molecule has 0 amide bonds. The van der Waals surface area contributed by atoms with Crippen molar-refractivity contribution >= 4 is 11.8 Å². The molecule has 2 rings (SSSR count). The molecule has 0 unspecified atom stereocenters. The van der Waals surface area contributed by atoms with Gasteiger partial charge in [-0.05, 0) is 17.7 Å². The molecule has 0 aliphatic rings. The van der Waals surface area contributed by atoms with Crippen LogP contribution in [0.2, 0.25) is 0 Å². The van der Waals surface area contributed by atoms with Crippen molar-refractivity contribution in [1.82, 2.24) is 9.97 Å². The summed E-state index contributed by atoms with van der Waals surface area (Å²) in [6.07, 6.45) is 1.50. The van der Waals surface area contributed by atoms with Gasteiger partial charge in [0, 0.05) is 26.2 Å². The maximum Gasteiger partial charge on any atom is 0.337 e. The van der Waals surface area contributed by atoms with E-state index < -0.39 is 0 Å². The molecule has 0 bridgehead atoms. The Labute approximate surface area is 151 Å². The number of rotatable bonds is 5. The summed E-state index contributed by atoms with van der Waals surface area (Å²) in [5, 5.41) is 0. The minimum atomic E-state index is -0.341. The van der Waals surface area contributed by atoms with E-state index in [0.717, 1.165) is 17.1 Å². The minimum absolute atomic E-state index is 0.341. The molecule has 2 aromatic rings. The van der Waals surface area contributed by atoms with E-state index in [1.54, 1.807) is 6.07 Å². The largest absolute Gasteiger partial charge is 0.465 e. The lowest BCUT2D eigenvalue weighted by Gasteiger charge is -2.18. The number of anilines is 1. The zero-order valence-electron chi connectivity index (χ0n) is 16.1. The van der Waals surface area contributed by atoms with Crippen LogP contribution >= 0.6 is 0 Å². The summed E-state index contributed by atoms with van der Waals surface area (Å²) in [5.41, 5.74) is 7.90. The number of nitrogens with two attached hydrogens (primary N) is 1. The number of nitrogens with zero attached hydrogens (tertiary/aromatic N) is 3. The maximum atomic E-state index is 11.5. The Morgan fingerprint density at radius 2 is 1.84 bits per heavy atom. The Morgan fingerprint density at radius 3 is 2.44 bits per heavy atom. The van der Waals surface area contributed by atoms with Crippen molar-refractivity contribution in [3.8, 4) is 0 Å². The summed E-state index contributed by atoms with van der Waals surface area (Å²) in [7, 11) is 3.30. The van der Waals surface area contributed by atoms with Gasteiger partial charge in [0.2, 0.25) is 0 Å². The first-order valence-corrected chi connectivity index (χ1v) is 8.53. The number of hydrogen-bond acceptors (Lipinski definition) is 6. The highest BCUT2D eigenvalue weighted by molar-refractivity contribution is 5.89. The molecule has 0 saturated carbocycles. The van der Waals surface area contributed by atoms with E-state index in [0.29, 0.717) is 18.7 Å². The van der Waals surface area contributed by atoms with Crippen molar-refractivity contribution in [2.45, 2.75) is 40.8 Å². The van der Waals surface area contributed by atoms with Crippen LogP contribution in [0.25, 0.3) is 0 Å². The molecule has 0 aliphatic carbocycles. The monoisotopic (exact) mass is 346 g/mol. The van der Waals surface area contributed by atoms with Crippen LogP contribution in [0.4, 0.5) is 5.82 Å². The molecule has 138 valence electrons. The van der Waals surface area contributed by atoms with Crippen LogP contribution in [0, 0.1) is 0 Å². The summed E-state index contributed by atoms with van der Waals surface area (Å²) in [6.45, 7) is 8.99. The molecule has 0 aliphatic heterocycles. The second-order valence-corrected chi connectivity index (χ2v) is 4.62. The Hall–Kier alpha value is -2.47. The lowest BCUT2D eigenvalue weighted by Crippen LogP contribution is -2.18. The summed E-state index contributed by atoms with van der Waals surface area (Å²) in [6, 6.07) is 9.18. The van der Waals surface area contributed by atoms with Gasteiger partial charge in [-0.25, -0.2) is 14.8 Å². The SMILES string of the molecule is CC.CC.COC(=O)c1cccc(CN(C)c2cc(CN)ncn2)c1. The first kappa shape index (κ1) is 22.5. The van der Waals surface area contributed by atoms with Gasteiger partial charge in [0.1, 0.15) is 12.1 Å². The van der Waals surface area contributed by atoms with E-state index >= 15 is 0 Å². The fourth-order valence-electron chi connectivity index (χ4n) is 1.98. The molecule has 0 saturated heterocycles. The van der Waals surface area contributed by atoms with Gasteiger partial charge in [-0.3, -0.25) is 0 Å². The van der Waals surface area contributed by atoms with E-state index in [4.69, 9.17) is 10.5 Å². The van der Waals surface area contributed by atoms with Crippen molar-refractivity contribution in [3.05, 3.63) is 53.5 Å². The van der Waals surface area contributed by atoms with Crippen LogP contribution in [-0.4, -0.2) is 30.1 Å². The topological polar surface area (TPSA) is 81.3 Å². The summed E-state index contributed by atoms with van der Waals surface area (Å²) in [5.74, 6) is 0.445. The fraction of sp³-hybridized carbons (Fsp3) is 0.421. The molecule has 1 aromatic heterocycles. The van der Waals surface area contributed by atoms with Gasteiger partial charge in [0.15, 0.2) is 0 Å². The zero-order valence-corrected chi connectivity index (χ0v) is 16.1. The third kappa shape index (κ3) is 7.30. The second-order valence-electron chi connectivity index (χ2n) is 4.62. The molecular weight excluding hydrogens is 316 g/mol. The Kier molecular flexibility index (Phi) is 11.6. The number of methoxy groups -OCH3 is 1. The molecular formula is C19H30N4O2. The summed E-state index contributed by atoms with van der Waals surface area (Å²) < 4.78 is 4.72. The Morgan fingerprint density at radius 1 is 1.16 bits per heavy atom. The molecule has 1 aromatic carbocycles. The minimum Gasteiger partial charge on any atom is -0.465 e. The lowest BCUT2D eigenvalue weighted by molar-refractivity contribution is 0.0600. The highest BCUT2D eigenvalue weighted by Crippen LogP contribution is 2.14. The molecule has 0 fully saturated rings. The molecule has 0 spiro atoms. The van der Waals surface area contributed by atoms with Gasteiger partial charge in [-0.15, -0.1) is 0 Å². The molecule has 2 N–H and O–H groups in total. The number of esters is 1. The summed E-state index contributed by atoms with van der Waals surface area (Å²) in [4.78, 5) is 21.8. The second kappa shape index (κ2) is 12.9.